The lowest BCUT2D eigenvalue weighted by Crippen LogP contribution is -2.14. The van der Waals surface area contributed by atoms with Crippen LogP contribution in [0.2, 0.25) is 0 Å². The van der Waals surface area contributed by atoms with E-state index in [2.05, 4.69) is 5.32 Å². The highest BCUT2D eigenvalue weighted by Crippen LogP contribution is 2.20. The molecule has 0 heterocycles. The minimum atomic E-state index is -3.75. The summed E-state index contributed by atoms with van der Waals surface area (Å²) in [4.78, 5) is 0.0865. The van der Waals surface area contributed by atoms with Crippen LogP contribution in [0.1, 0.15) is 16.7 Å². The van der Waals surface area contributed by atoms with Crippen molar-refractivity contribution < 1.29 is 12.8 Å². The van der Waals surface area contributed by atoms with E-state index < -0.39 is 10.0 Å². The molecule has 0 radical (unpaired) electrons. The lowest BCUT2D eigenvalue weighted by Gasteiger charge is -2.11. The van der Waals surface area contributed by atoms with Crippen molar-refractivity contribution in [1.82, 2.24) is 0 Å². The molecule has 4 nitrogen and oxygen atoms in total. The summed E-state index contributed by atoms with van der Waals surface area (Å²) < 4.78 is 36.2. The van der Waals surface area contributed by atoms with E-state index in [1.54, 1.807) is 25.1 Å². The van der Waals surface area contributed by atoms with Gasteiger partial charge in [0.25, 0.3) is 0 Å². The van der Waals surface area contributed by atoms with Gasteiger partial charge in [-0.25, -0.2) is 17.9 Å². The number of primary sulfonamides is 1. The standard InChI is InChI=1S/C15H17FN2O2S/c1-10-3-5-13(16)7-12(10)9-18-14-6-4-11(2)15(8-14)21(17,19)20/h3-8,18H,9H2,1-2H3,(H2,17,19,20). The highest BCUT2D eigenvalue weighted by Gasteiger charge is 2.12. The number of aryl methyl sites for hydroxylation is 2. The number of hydrogen-bond acceptors (Lipinski definition) is 3. The smallest absolute Gasteiger partial charge is 0.238 e. The molecule has 21 heavy (non-hydrogen) atoms. The number of rotatable bonds is 4. The summed E-state index contributed by atoms with van der Waals surface area (Å²) in [5.74, 6) is -0.300. The first-order valence-corrected chi connectivity index (χ1v) is 7.94. The first-order chi connectivity index (χ1) is 9.77. The third kappa shape index (κ3) is 3.80. The van der Waals surface area contributed by atoms with E-state index in [1.165, 1.54) is 18.2 Å². The molecule has 112 valence electrons. The number of nitrogens with one attached hydrogen (secondary N) is 1. The zero-order valence-electron chi connectivity index (χ0n) is 11.9. The molecular weight excluding hydrogens is 291 g/mol. The quantitative estimate of drug-likeness (QED) is 0.912. The zero-order chi connectivity index (χ0) is 15.6. The Morgan fingerprint density at radius 1 is 1.10 bits per heavy atom. The summed E-state index contributed by atoms with van der Waals surface area (Å²) >= 11 is 0. The van der Waals surface area contributed by atoms with Gasteiger partial charge >= 0.3 is 0 Å². The molecule has 0 aromatic heterocycles. The molecule has 0 fully saturated rings. The van der Waals surface area contributed by atoms with Crippen LogP contribution in [-0.2, 0) is 16.6 Å². The number of sulfonamides is 1. The van der Waals surface area contributed by atoms with Crippen LogP contribution in [0.3, 0.4) is 0 Å². The molecule has 6 heteroatoms. The van der Waals surface area contributed by atoms with Gasteiger partial charge in [-0.15, -0.1) is 0 Å². The van der Waals surface area contributed by atoms with Gasteiger partial charge in [-0.05, 0) is 54.8 Å². The Morgan fingerprint density at radius 3 is 2.43 bits per heavy atom. The second-order valence-corrected chi connectivity index (χ2v) is 6.48. The maximum Gasteiger partial charge on any atom is 0.238 e. The Labute approximate surface area is 123 Å². The number of nitrogens with two attached hydrogens (primary N) is 1. The van der Waals surface area contributed by atoms with Gasteiger partial charge in [0, 0.05) is 12.2 Å². The van der Waals surface area contributed by atoms with E-state index in [4.69, 9.17) is 5.14 Å². The van der Waals surface area contributed by atoms with Crippen molar-refractivity contribution in [3.63, 3.8) is 0 Å². The van der Waals surface area contributed by atoms with E-state index >= 15 is 0 Å². The van der Waals surface area contributed by atoms with Gasteiger partial charge in [-0.1, -0.05) is 12.1 Å². The lowest BCUT2D eigenvalue weighted by molar-refractivity contribution is 0.597. The van der Waals surface area contributed by atoms with Gasteiger partial charge in [-0.3, -0.25) is 0 Å². The SMILES string of the molecule is Cc1ccc(F)cc1CNc1ccc(C)c(S(N)(=O)=O)c1. The van der Waals surface area contributed by atoms with E-state index in [-0.39, 0.29) is 10.7 Å². The van der Waals surface area contributed by atoms with Crippen LogP contribution in [0.15, 0.2) is 41.3 Å². The molecule has 0 aliphatic carbocycles. The Bertz CT molecular complexity index is 773. The summed E-state index contributed by atoms with van der Waals surface area (Å²) in [5.41, 5.74) is 2.98. The fraction of sp³-hybridized carbons (Fsp3) is 0.200. The number of benzene rings is 2. The molecule has 3 N–H and O–H groups in total. The second-order valence-electron chi connectivity index (χ2n) is 4.95. The van der Waals surface area contributed by atoms with Crippen LogP contribution in [0.5, 0.6) is 0 Å². The van der Waals surface area contributed by atoms with Gasteiger partial charge in [0.15, 0.2) is 0 Å². The van der Waals surface area contributed by atoms with Gasteiger partial charge in [-0.2, -0.15) is 0 Å². The normalized spacial score (nSPS) is 11.4. The summed E-state index contributed by atoms with van der Waals surface area (Å²) in [7, 11) is -3.75. The molecule has 0 amide bonds. The average molecular weight is 308 g/mol. The zero-order valence-corrected chi connectivity index (χ0v) is 12.7. The Hall–Kier alpha value is -1.92. The molecule has 0 unspecified atom stereocenters. The maximum absolute atomic E-state index is 13.2. The molecule has 0 bridgehead atoms. The van der Waals surface area contributed by atoms with Gasteiger partial charge in [0.05, 0.1) is 4.90 Å². The van der Waals surface area contributed by atoms with Crippen molar-refractivity contribution in [2.45, 2.75) is 25.3 Å². The Balaban J connectivity index is 2.23. The van der Waals surface area contributed by atoms with Crippen molar-refractivity contribution >= 4 is 15.7 Å². The van der Waals surface area contributed by atoms with Gasteiger partial charge < -0.3 is 5.32 Å². The van der Waals surface area contributed by atoms with Crippen molar-refractivity contribution in [2.24, 2.45) is 5.14 Å². The Kier molecular flexibility index (Phi) is 4.29. The van der Waals surface area contributed by atoms with Crippen LogP contribution in [-0.4, -0.2) is 8.42 Å². The molecule has 0 saturated heterocycles. The summed E-state index contributed by atoms with van der Waals surface area (Å²) in [5, 5.41) is 8.25. The minimum absolute atomic E-state index is 0.0865. The molecule has 2 aromatic carbocycles. The van der Waals surface area contributed by atoms with Crippen molar-refractivity contribution in [3.8, 4) is 0 Å². The van der Waals surface area contributed by atoms with Crippen molar-refractivity contribution in [2.75, 3.05) is 5.32 Å². The molecule has 0 saturated carbocycles. The van der Waals surface area contributed by atoms with E-state index in [9.17, 15) is 12.8 Å². The van der Waals surface area contributed by atoms with E-state index in [1.807, 2.05) is 6.92 Å². The highest BCUT2D eigenvalue weighted by molar-refractivity contribution is 7.89. The van der Waals surface area contributed by atoms with Crippen LogP contribution in [0, 0.1) is 19.7 Å². The number of halogens is 1. The first-order valence-electron chi connectivity index (χ1n) is 6.40. The average Bonchev–Trinajstić information content (AvgIpc) is 2.40. The predicted octanol–water partition coefficient (Wildman–Crippen LogP) is 2.70. The number of anilines is 1. The lowest BCUT2D eigenvalue weighted by atomic mass is 10.1. The fourth-order valence-corrected chi connectivity index (χ4v) is 2.85. The van der Waals surface area contributed by atoms with Crippen LogP contribution < -0.4 is 10.5 Å². The van der Waals surface area contributed by atoms with Crippen molar-refractivity contribution in [3.05, 3.63) is 58.9 Å². The molecule has 0 aliphatic heterocycles. The van der Waals surface area contributed by atoms with E-state index in [0.29, 0.717) is 17.8 Å². The van der Waals surface area contributed by atoms with Gasteiger partial charge in [0.2, 0.25) is 10.0 Å². The minimum Gasteiger partial charge on any atom is -0.381 e. The van der Waals surface area contributed by atoms with E-state index in [0.717, 1.165) is 11.1 Å². The summed E-state index contributed by atoms with van der Waals surface area (Å²) in [6.07, 6.45) is 0. The molecule has 0 aliphatic rings. The fourth-order valence-electron chi connectivity index (χ4n) is 2.04. The van der Waals surface area contributed by atoms with Crippen LogP contribution in [0.25, 0.3) is 0 Å². The summed E-state index contributed by atoms with van der Waals surface area (Å²) in [6.45, 7) is 3.97. The first kappa shape index (κ1) is 15.5. The highest BCUT2D eigenvalue weighted by atomic mass is 32.2. The molecule has 0 atom stereocenters. The largest absolute Gasteiger partial charge is 0.381 e. The third-order valence-corrected chi connectivity index (χ3v) is 4.34. The molecule has 2 rings (SSSR count). The second kappa shape index (κ2) is 5.83. The van der Waals surface area contributed by atoms with Crippen LogP contribution in [0.4, 0.5) is 10.1 Å². The third-order valence-electron chi connectivity index (χ3n) is 3.29. The molecular formula is C15H17FN2O2S. The van der Waals surface area contributed by atoms with Gasteiger partial charge in [0.1, 0.15) is 5.82 Å². The predicted molar refractivity (Wildman–Crippen MR) is 81.0 cm³/mol. The van der Waals surface area contributed by atoms with Crippen molar-refractivity contribution in [1.29, 1.82) is 0 Å². The maximum atomic E-state index is 13.2. The Morgan fingerprint density at radius 2 is 1.76 bits per heavy atom. The number of hydrogen-bond donors (Lipinski definition) is 2. The molecule has 2 aromatic rings. The molecule has 0 spiro atoms. The summed E-state index contributed by atoms with van der Waals surface area (Å²) in [6, 6.07) is 9.50. The monoisotopic (exact) mass is 308 g/mol. The topological polar surface area (TPSA) is 72.2 Å². The van der Waals surface area contributed by atoms with Crippen LogP contribution >= 0.6 is 0 Å².